The number of nitrogens with one attached hydrogen (secondary N) is 1. The third-order valence-electron chi connectivity index (χ3n) is 2.73. The van der Waals surface area contributed by atoms with Gasteiger partial charge in [-0.1, -0.05) is 0 Å². The van der Waals surface area contributed by atoms with Crippen LogP contribution in [0.4, 0.5) is 0 Å². The highest BCUT2D eigenvalue weighted by atomic mass is 32.2. The predicted octanol–water partition coefficient (Wildman–Crippen LogP) is 0.334. The van der Waals surface area contributed by atoms with Crippen LogP contribution < -0.4 is 0 Å². The van der Waals surface area contributed by atoms with Gasteiger partial charge in [-0.2, -0.15) is 14.7 Å². The van der Waals surface area contributed by atoms with Gasteiger partial charge in [-0.15, -0.1) is 0 Å². The molecular formula is C9H12N4O2S. The van der Waals surface area contributed by atoms with E-state index in [1.54, 1.807) is 0 Å². The smallest absolute Gasteiger partial charge is 0.259 e. The lowest BCUT2D eigenvalue weighted by atomic mass is 10.0. The Balaban J connectivity index is 2.13. The van der Waals surface area contributed by atoms with Crippen molar-refractivity contribution >= 4 is 10.0 Å². The first-order valence-corrected chi connectivity index (χ1v) is 6.48. The minimum atomic E-state index is -3.44. The lowest BCUT2D eigenvalue weighted by Crippen LogP contribution is -2.38. The second-order valence-corrected chi connectivity index (χ2v) is 5.63. The highest BCUT2D eigenvalue weighted by molar-refractivity contribution is 7.89. The number of aromatic amines is 1. The van der Waals surface area contributed by atoms with Crippen LogP contribution in [0.25, 0.3) is 0 Å². The molecule has 2 heterocycles. The molecule has 0 radical (unpaired) electrons. The third kappa shape index (κ3) is 1.94. The minimum absolute atomic E-state index is 0.0202. The summed E-state index contributed by atoms with van der Waals surface area (Å²) >= 11 is 0. The fourth-order valence-electron chi connectivity index (χ4n) is 1.75. The van der Waals surface area contributed by atoms with E-state index in [0.29, 0.717) is 25.9 Å². The van der Waals surface area contributed by atoms with E-state index < -0.39 is 10.0 Å². The molecule has 1 N–H and O–H groups in total. The van der Waals surface area contributed by atoms with Crippen LogP contribution in [0.3, 0.4) is 0 Å². The van der Waals surface area contributed by atoms with Gasteiger partial charge >= 0.3 is 0 Å². The highest BCUT2D eigenvalue weighted by Crippen LogP contribution is 2.21. The quantitative estimate of drug-likeness (QED) is 0.806. The molecule has 86 valence electrons. The summed E-state index contributed by atoms with van der Waals surface area (Å²) in [4.78, 5) is 0. The van der Waals surface area contributed by atoms with Crippen molar-refractivity contribution in [2.75, 3.05) is 13.1 Å². The van der Waals surface area contributed by atoms with E-state index in [4.69, 9.17) is 5.26 Å². The van der Waals surface area contributed by atoms with Crippen molar-refractivity contribution in [2.24, 2.45) is 5.92 Å². The van der Waals surface area contributed by atoms with Crippen LogP contribution >= 0.6 is 0 Å². The van der Waals surface area contributed by atoms with Gasteiger partial charge in [0, 0.05) is 19.0 Å². The van der Waals surface area contributed by atoms with Crippen molar-refractivity contribution in [1.29, 1.82) is 5.26 Å². The third-order valence-corrected chi connectivity index (χ3v) is 4.56. The molecule has 1 fully saturated rings. The number of hydrogen-bond donors (Lipinski definition) is 1. The van der Waals surface area contributed by atoms with Crippen LogP contribution in [0.2, 0.25) is 0 Å². The number of H-pyrrole nitrogens is 1. The van der Waals surface area contributed by atoms with Gasteiger partial charge in [-0.05, 0) is 18.9 Å². The molecule has 1 aliphatic rings. The molecule has 6 nitrogen and oxygen atoms in total. The molecule has 7 heteroatoms. The second-order valence-electron chi connectivity index (χ2n) is 3.73. The van der Waals surface area contributed by atoms with Gasteiger partial charge in [0.15, 0.2) is 5.03 Å². The Labute approximate surface area is 93.9 Å². The molecule has 1 aromatic heterocycles. The molecule has 0 spiro atoms. The molecule has 0 unspecified atom stereocenters. The zero-order chi connectivity index (χ0) is 11.6. The molecule has 0 aliphatic carbocycles. The van der Waals surface area contributed by atoms with E-state index in [1.807, 2.05) is 0 Å². The summed E-state index contributed by atoms with van der Waals surface area (Å²) in [6.07, 6.45) is 2.61. The largest absolute Gasteiger partial charge is 0.266 e. The summed E-state index contributed by atoms with van der Waals surface area (Å²) in [7, 11) is -3.44. The summed E-state index contributed by atoms with van der Waals surface area (Å²) in [5, 5.41) is 14.9. The summed E-state index contributed by atoms with van der Waals surface area (Å²) in [5.41, 5.74) is 0. The zero-order valence-corrected chi connectivity index (χ0v) is 9.44. The van der Waals surface area contributed by atoms with Gasteiger partial charge in [-0.25, -0.2) is 8.42 Å². The molecule has 0 bridgehead atoms. The van der Waals surface area contributed by atoms with Gasteiger partial charge in [0.2, 0.25) is 0 Å². The average molecular weight is 240 g/mol. The van der Waals surface area contributed by atoms with Crippen molar-refractivity contribution in [3.63, 3.8) is 0 Å². The first-order chi connectivity index (χ1) is 7.64. The van der Waals surface area contributed by atoms with Gasteiger partial charge < -0.3 is 0 Å². The second kappa shape index (κ2) is 4.23. The standard InChI is InChI=1S/C9H12N4O2S/c10-7-8-2-5-13(6-3-8)16(14,15)9-1-4-11-12-9/h1,4,8H,2-3,5-6H2,(H,11,12). The fourth-order valence-corrected chi connectivity index (χ4v) is 3.12. The molecule has 2 rings (SSSR count). The number of rotatable bonds is 2. The van der Waals surface area contributed by atoms with Crippen LogP contribution in [0, 0.1) is 17.2 Å². The Morgan fingerprint density at radius 1 is 1.50 bits per heavy atom. The van der Waals surface area contributed by atoms with E-state index in [2.05, 4.69) is 16.3 Å². The molecule has 0 amide bonds. The summed E-state index contributed by atoms with van der Waals surface area (Å²) in [6, 6.07) is 3.61. The lowest BCUT2D eigenvalue weighted by molar-refractivity contribution is 0.309. The molecule has 0 aromatic carbocycles. The molecule has 1 aliphatic heterocycles. The number of sulfonamides is 1. The first-order valence-electron chi connectivity index (χ1n) is 5.04. The maximum Gasteiger partial charge on any atom is 0.259 e. The molecule has 1 aromatic rings. The van der Waals surface area contributed by atoms with E-state index >= 15 is 0 Å². The highest BCUT2D eigenvalue weighted by Gasteiger charge is 2.29. The van der Waals surface area contributed by atoms with Crippen molar-refractivity contribution in [3.05, 3.63) is 12.3 Å². The average Bonchev–Trinajstić information content (AvgIpc) is 2.83. The maximum absolute atomic E-state index is 12.0. The van der Waals surface area contributed by atoms with E-state index in [1.165, 1.54) is 16.6 Å². The van der Waals surface area contributed by atoms with Crippen LogP contribution in [0.15, 0.2) is 17.3 Å². The predicted molar refractivity (Wildman–Crippen MR) is 55.7 cm³/mol. The summed E-state index contributed by atoms with van der Waals surface area (Å²) in [5.74, 6) is -0.0202. The summed E-state index contributed by atoms with van der Waals surface area (Å²) < 4.78 is 25.4. The Kier molecular flexibility index (Phi) is 2.94. The van der Waals surface area contributed by atoms with Crippen LogP contribution in [-0.4, -0.2) is 36.0 Å². The van der Waals surface area contributed by atoms with Gasteiger partial charge in [-0.3, -0.25) is 5.10 Å². The van der Waals surface area contributed by atoms with Crippen LogP contribution in [0.5, 0.6) is 0 Å². The molecule has 0 saturated carbocycles. The SMILES string of the molecule is N#CC1CCN(S(=O)(=O)c2ccn[nH]2)CC1. The Morgan fingerprint density at radius 3 is 2.69 bits per heavy atom. The van der Waals surface area contributed by atoms with Crippen LogP contribution in [0.1, 0.15) is 12.8 Å². The molecular weight excluding hydrogens is 228 g/mol. The van der Waals surface area contributed by atoms with Gasteiger partial charge in [0.05, 0.1) is 12.3 Å². The van der Waals surface area contributed by atoms with Gasteiger partial charge in [0.25, 0.3) is 10.0 Å². The Morgan fingerprint density at radius 2 is 2.19 bits per heavy atom. The molecule has 1 saturated heterocycles. The number of piperidine rings is 1. The monoisotopic (exact) mass is 240 g/mol. The molecule has 0 atom stereocenters. The zero-order valence-electron chi connectivity index (χ0n) is 8.63. The van der Waals surface area contributed by atoms with E-state index in [0.717, 1.165) is 0 Å². The number of nitriles is 1. The van der Waals surface area contributed by atoms with Crippen molar-refractivity contribution in [2.45, 2.75) is 17.9 Å². The number of hydrogen-bond acceptors (Lipinski definition) is 4. The van der Waals surface area contributed by atoms with Crippen molar-refractivity contribution < 1.29 is 8.42 Å². The Bertz CT molecular complexity index is 480. The summed E-state index contributed by atoms with van der Waals surface area (Å²) in [6.45, 7) is 0.805. The van der Waals surface area contributed by atoms with Crippen molar-refractivity contribution in [3.8, 4) is 6.07 Å². The van der Waals surface area contributed by atoms with Gasteiger partial charge in [0.1, 0.15) is 0 Å². The maximum atomic E-state index is 12.0. The first kappa shape index (κ1) is 11.1. The fraction of sp³-hybridized carbons (Fsp3) is 0.556. The lowest BCUT2D eigenvalue weighted by Gasteiger charge is -2.27. The number of nitrogens with zero attached hydrogens (tertiary/aromatic N) is 3. The minimum Gasteiger partial charge on any atom is -0.266 e. The Hall–Kier alpha value is -1.39. The van der Waals surface area contributed by atoms with E-state index in [-0.39, 0.29) is 10.9 Å². The van der Waals surface area contributed by atoms with Crippen molar-refractivity contribution in [1.82, 2.24) is 14.5 Å². The van der Waals surface area contributed by atoms with E-state index in [9.17, 15) is 8.42 Å². The topological polar surface area (TPSA) is 89.8 Å². The van der Waals surface area contributed by atoms with Crippen LogP contribution in [-0.2, 0) is 10.0 Å². The normalized spacial score (nSPS) is 19.4. The number of aromatic nitrogens is 2. The molecule has 16 heavy (non-hydrogen) atoms.